The number of likely N-dealkylation sites (tertiary alicyclic amines) is 1. The van der Waals surface area contributed by atoms with Crippen molar-refractivity contribution in [1.82, 2.24) is 29.5 Å². The van der Waals surface area contributed by atoms with Crippen molar-refractivity contribution in [2.75, 3.05) is 19.6 Å². The van der Waals surface area contributed by atoms with Gasteiger partial charge in [-0.3, -0.25) is 14.4 Å². The van der Waals surface area contributed by atoms with Gasteiger partial charge in [-0.05, 0) is 90.8 Å². The summed E-state index contributed by atoms with van der Waals surface area (Å²) in [7, 11) is 0. The number of hydrogen-bond acceptors (Lipinski definition) is 7. The van der Waals surface area contributed by atoms with Crippen LogP contribution in [0.25, 0.3) is 10.8 Å². The second-order valence-electron chi connectivity index (χ2n) is 16.5. The molecule has 2 aliphatic heterocycles. The molecular formula is C48H58N8O5. The fourth-order valence-corrected chi connectivity index (χ4v) is 8.63. The minimum Gasteiger partial charge on any atom is -0.356 e. The van der Waals surface area contributed by atoms with E-state index in [9.17, 15) is 24.0 Å². The highest BCUT2D eigenvalue weighted by Gasteiger charge is 2.38. The molecule has 0 spiro atoms. The summed E-state index contributed by atoms with van der Waals surface area (Å²) in [6.07, 6.45) is 8.88. The quantitative estimate of drug-likeness (QED) is 0.0780. The van der Waals surface area contributed by atoms with Crippen molar-refractivity contribution in [3.63, 3.8) is 0 Å². The van der Waals surface area contributed by atoms with Crippen molar-refractivity contribution in [2.24, 2.45) is 17.4 Å². The van der Waals surface area contributed by atoms with Crippen molar-refractivity contribution < 1.29 is 14.4 Å². The third-order valence-corrected chi connectivity index (χ3v) is 12.2. The molecule has 3 amide bonds. The van der Waals surface area contributed by atoms with Gasteiger partial charge in [0.05, 0.1) is 18.6 Å². The highest BCUT2D eigenvalue weighted by atomic mass is 16.2. The second-order valence-corrected chi connectivity index (χ2v) is 16.5. The van der Waals surface area contributed by atoms with Crippen molar-refractivity contribution in [2.45, 2.75) is 96.1 Å². The molecule has 3 unspecified atom stereocenters. The van der Waals surface area contributed by atoms with Crippen LogP contribution in [0.1, 0.15) is 84.8 Å². The lowest BCUT2D eigenvalue weighted by Crippen LogP contribution is -2.49. The largest absolute Gasteiger partial charge is 0.356 e. The average Bonchev–Trinajstić information content (AvgIpc) is 3.53. The monoisotopic (exact) mass is 826 g/mol. The van der Waals surface area contributed by atoms with Crippen molar-refractivity contribution >= 4 is 28.5 Å². The van der Waals surface area contributed by atoms with E-state index in [0.29, 0.717) is 58.3 Å². The maximum Gasteiger partial charge on any atom is 0.348 e. The molecule has 0 saturated carbocycles. The van der Waals surface area contributed by atoms with Crippen LogP contribution in [0.3, 0.4) is 0 Å². The minimum absolute atomic E-state index is 0.0348. The summed E-state index contributed by atoms with van der Waals surface area (Å²) in [5.41, 5.74) is 16.2. The van der Waals surface area contributed by atoms with Gasteiger partial charge in [0.25, 0.3) is 0 Å². The molecule has 2 aliphatic rings. The Hall–Kier alpha value is -6.05. The van der Waals surface area contributed by atoms with Gasteiger partial charge in [0, 0.05) is 39.1 Å². The number of carbonyl (C=O) groups is 3. The Morgan fingerprint density at radius 2 is 1.46 bits per heavy atom. The Balaban J connectivity index is 0.966. The molecule has 13 heteroatoms. The van der Waals surface area contributed by atoms with Gasteiger partial charge in [-0.25, -0.2) is 23.5 Å². The van der Waals surface area contributed by atoms with E-state index in [1.807, 2.05) is 72.8 Å². The van der Waals surface area contributed by atoms with Crippen molar-refractivity contribution in [3.8, 4) is 0 Å². The molecule has 5 aromatic rings. The zero-order valence-corrected chi connectivity index (χ0v) is 35.0. The maximum absolute atomic E-state index is 14.4. The van der Waals surface area contributed by atoms with Crippen molar-refractivity contribution in [3.05, 3.63) is 152 Å². The van der Waals surface area contributed by atoms with Crippen LogP contribution in [0.4, 0.5) is 0 Å². The van der Waals surface area contributed by atoms with Crippen LogP contribution < -0.4 is 33.5 Å². The Morgan fingerprint density at radius 1 is 0.770 bits per heavy atom. The van der Waals surface area contributed by atoms with Gasteiger partial charge < -0.3 is 27.0 Å². The molecular weight excluding hydrogens is 769 g/mol. The van der Waals surface area contributed by atoms with Gasteiger partial charge in [0.1, 0.15) is 0 Å². The predicted molar refractivity (Wildman–Crippen MR) is 238 cm³/mol. The van der Waals surface area contributed by atoms with Crippen LogP contribution in [-0.2, 0) is 40.4 Å². The number of nitrogens with zero attached hydrogens (tertiary/aromatic N) is 4. The standard InChI is InChI=1S/C48H58N8O5/c1-33-15-17-34(18-16-33)8-6-14-44(57)51-27-5-4-13-41(50)46(59)53-28-25-38(26-29-53)42-23-24-43(45(58)52-31-36-21-19-35(30-49)20-22-36)56-48(61)54(47(60)55(42)56)32-39-11-7-10-37-9-2-3-12-40(37)39/h2-3,7,9-12,15-24,38,41-43H,4-6,8,13-14,25-32,49-50H2,1H3,(H,51,57)(H,52,58). The first-order valence-electron chi connectivity index (χ1n) is 21.6. The molecule has 320 valence electrons. The zero-order valence-electron chi connectivity index (χ0n) is 35.0. The van der Waals surface area contributed by atoms with E-state index in [1.165, 1.54) is 25.1 Å². The third kappa shape index (κ3) is 10.3. The summed E-state index contributed by atoms with van der Waals surface area (Å²) in [5, 5.41) is 7.89. The second kappa shape index (κ2) is 20.0. The average molecular weight is 827 g/mol. The third-order valence-electron chi connectivity index (χ3n) is 12.2. The smallest absolute Gasteiger partial charge is 0.348 e. The summed E-state index contributed by atoms with van der Waals surface area (Å²) in [4.78, 5) is 70.2. The van der Waals surface area contributed by atoms with E-state index in [0.717, 1.165) is 46.7 Å². The number of amides is 3. The number of allylic oxidation sites excluding steroid dienone is 1. The number of piperidine rings is 1. The lowest BCUT2D eigenvalue weighted by atomic mass is 9.88. The highest BCUT2D eigenvalue weighted by Crippen LogP contribution is 2.33. The summed E-state index contributed by atoms with van der Waals surface area (Å²) in [6, 6.07) is 27.5. The molecule has 6 N–H and O–H groups in total. The summed E-state index contributed by atoms with van der Waals surface area (Å²) in [6.45, 7) is 4.24. The molecule has 0 aliphatic carbocycles. The number of unbranched alkanes of at least 4 members (excludes halogenated alkanes) is 1. The van der Waals surface area contributed by atoms with Crippen LogP contribution in [0.5, 0.6) is 0 Å². The lowest BCUT2D eigenvalue weighted by Gasteiger charge is -2.38. The molecule has 3 heterocycles. The van der Waals surface area contributed by atoms with Crippen LogP contribution >= 0.6 is 0 Å². The zero-order chi connectivity index (χ0) is 42.9. The van der Waals surface area contributed by atoms with Gasteiger partial charge in [-0.1, -0.05) is 109 Å². The Bertz CT molecular complexity index is 2450. The molecule has 7 rings (SSSR count). The first-order chi connectivity index (χ1) is 29.6. The van der Waals surface area contributed by atoms with E-state index in [-0.39, 0.29) is 30.8 Å². The van der Waals surface area contributed by atoms with Crippen LogP contribution in [0.2, 0.25) is 0 Å². The van der Waals surface area contributed by atoms with Crippen LogP contribution in [0.15, 0.2) is 113 Å². The van der Waals surface area contributed by atoms with Gasteiger partial charge in [0.2, 0.25) is 17.7 Å². The lowest BCUT2D eigenvalue weighted by molar-refractivity contribution is -0.134. The Labute approximate surface area is 356 Å². The number of aromatic nitrogens is 3. The van der Waals surface area contributed by atoms with E-state index in [4.69, 9.17) is 11.5 Å². The first kappa shape index (κ1) is 43.1. The van der Waals surface area contributed by atoms with Crippen LogP contribution in [0, 0.1) is 12.8 Å². The molecule has 61 heavy (non-hydrogen) atoms. The fraction of sp³-hybridized carbons (Fsp3) is 0.396. The molecule has 3 atom stereocenters. The molecule has 4 aromatic carbocycles. The van der Waals surface area contributed by atoms with Crippen LogP contribution in [-0.4, -0.2) is 62.2 Å². The SMILES string of the molecule is Cc1ccc(CCCC(=O)NCCCCC(N)C(=O)N2CCC(C3C=CC(C(=O)NCc4ccc(CN)cc4)n4c(=O)n(Cc5cccc6ccccc56)c(=O)n43)CC2)cc1. The highest BCUT2D eigenvalue weighted by molar-refractivity contribution is 5.86. The minimum atomic E-state index is -1.04. The van der Waals surface area contributed by atoms with Gasteiger partial charge in [-0.2, -0.15) is 0 Å². The van der Waals surface area contributed by atoms with Gasteiger partial charge >= 0.3 is 11.4 Å². The number of aryl methyl sites for hydroxylation is 2. The molecule has 0 bridgehead atoms. The summed E-state index contributed by atoms with van der Waals surface area (Å²) in [5.74, 6) is -0.546. The number of fused-ring (bicyclic) bond motifs is 2. The molecule has 1 fully saturated rings. The number of carbonyl (C=O) groups excluding carboxylic acids is 3. The van der Waals surface area contributed by atoms with E-state index in [1.54, 1.807) is 11.0 Å². The number of hydrogen-bond donors (Lipinski definition) is 4. The number of benzene rings is 4. The van der Waals surface area contributed by atoms with E-state index < -0.39 is 35.4 Å². The summed E-state index contributed by atoms with van der Waals surface area (Å²) >= 11 is 0. The molecule has 1 aromatic heterocycles. The van der Waals surface area contributed by atoms with Crippen molar-refractivity contribution in [1.29, 1.82) is 0 Å². The number of nitrogens with two attached hydrogens (primary N) is 2. The first-order valence-corrected chi connectivity index (χ1v) is 21.6. The normalized spacial score (nSPS) is 16.9. The summed E-state index contributed by atoms with van der Waals surface area (Å²) < 4.78 is 4.00. The molecule has 0 radical (unpaired) electrons. The Morgan fingerprint density at radius 3 is 2.21 bits per heavy atom. The fourth-order valence-electron chi connectivity index (χ4n) is 8.63. The molecule has 1 saturated heterocycles. The van der Waals surface area contributed by atoms with E-state index >= 15 is 0 Å². The van der Waals surface area contributed by atoms with Gasteiger partial charge in [0.15, 0.2) is 6.04 Å². The Kier molecular flexibility index (Phi) is 14.1. The predicted octanol–water partition coefficient (Wildman–Crippen LogP) is 4.62. The molecule has 13 nitrogen and oxygen atoms in total. The maximum atomic E-state index is 14.4. The number of rotatable bonds is 17. The number of nitrogens with one attached hydrogen (secondary N) is 2. The topological polar surface area (TPSA) is 179 Å². The van der Waals surface area contributed by atoms with Gasteiger partial charge in [-0.15, -0.1) is 0 Å². The van der Waals surface area contributed by atoms with E-state index in [2.05, 4.69) is 41.8 Å².